The molecule has 0 aliphatic heterocycles. The van der Waals surface area contributed by atoms with Gasteiger partial charge in [0.15, 0.2) is 0 Å². The molecule has 0 saturated carbocycles. The number of para-hydroxylation sites is 1. The Morgan fingerprint density at radius 1 is 1.03 bits per heavy atom. The lowest BCUT2D eigenvalue weighted by Gasteiger charge is -2.11. The minimum atomic E-state index is -0.235. The second-order valence-electron chi connectivity index (χ2n) is 7.20. The van der Waals surface area contributed by atoms with Gasteiger partial charge < -0.3 is 0 Å². The van der Waals surface area contributed by atoms with Crippen molar-refractivity contribution in [3.8, 4) is 11.3 Å². The Labute approximate surface area is 180 Å². The molecule has 0 aliphatic rings. The van der Waals surface area contributed by atoms with Crippen LogP contribution in [0.2, 0.25) is 0 Å². The number of rotatable bonds is 5. The van der Waals surface area contributed by atoms with Crippen LogP contribution in [-0.2, 0) is 0 Å². The monoisotopic (exact) mass is 413 g/mol. The maximum absolute atomic E-state index is 13.1. The van der Waals surface area contributed by atoms with Gasteiger partial charge in [0, 0.05) is 10.9 Å². The van der Waals surface area contributed by atoms with E-state index in [-0.39, 0.29) is 5.91 Å². The molecule has 0 spiro atoms. The third-order valence-corrected chi connectivity index (χ3v) is 6.12. The van der Waals surface area contributed by atoms with Crippen molar-refractivity contribution in [3.63, 3.8) is 0 Å². The van der Waals surface area contributed by atoms with Gasteiger partial charge in [-0.3, -0.25) is 4.79 Å². The number of amides is 1. The number of carbonyl (C=O) groups excluding carboxylic acids is 1. The predicted octanol–water partition coefficient (Wildman–Crippen LogP) is 6.12. The summed E-state index contributed by atoms with van der Waals surface area (Å²) in [6.07, 6.45) is 0.742. The molecule has 0 radical (unpaired) electrons. The zero-order valence-electron chi connectivity index (χ0n) is 17.3. The van der Waals surface area contributed by atoms with Gasteiger partial charge in [-0.1, -0.05) is 43.3 Å². The maximum atomic E-state index is 13.1. The Kier molecular flexibility index (Phi) is 5.72. The largest absolute Gasteiger partial charge is 0.272 e. The van der Waals surface area contributed by atoms with Crippen molar-refractivity contribution >= 4 is 33.9 Å². The first kappa shape index (κ1) is 20.0. The molecule has 0 atom stereocenters. The molecule has 0 bridgehead atoms. The highest BCUT2D eigenvalue weighted by molar-refractivity contribution is 7.12. The zero-order valence-corrected chi connectivity index (χ0v) is 18.1. The molecule has 0 aliphatic carbocycles. The average molecular weight is 414 g/mol. The summed E-state index contributed by atoms with van der Waals surface area (Å²) in [5, 5.41) is 7.22. The fourth-order valence-corrected chi connectivity index (χ4v) is 4.13. The molecule has 4 nitrogen and oxygen atoms in total. The van der Waals surface area contributed by atoms with Crippen LogP contribution in [-0.4, -0.2) is 16.6 Å². The molecule has 2 heterocycles. The van der Waals surface area contributed by atoms with Gasteiger partial charge in [0.2, 0.25) is 0 Å². The van der Waals surface area contributed by atoms with Crippen LogP contribution in [0.3, 0.4) is 0 Å². The zero-order chi connectivity index (χ0) is 21.1. The number of benzene rings is 2. The summed E-state index contributed by atoms with van der Waals surface area (Å²) in [6.45, 7) is 6.20. The fraction of sp³-hybridized carbons (Fsp3) is 0.160. The number of fused-ring (bicyclic) bond motifs is 1. The molecule has 4 rings (SSSR count). The number of hydrogen-bond donors (Lipinski definition) is 1. The number of hydrazone groups is 1. The second-order valence-corrected chi connectivity index (χ2v) is 8.15. The lowest BCUT2D eigenvalue weighted by Crippen LogP contribution is -2.20. The summed E-state index contributed by atoms with van der Waals surface area (Å²) in [6, 6.07) is 19.8. The number of nitrogens with zero attached hydrogens (tertiary/aromatic N) is 2. The van der Waals surface area contributed by atoms with E-state index >= 15 is 0 Å². The fourth-order valence-electron chi connectivity index (χ4n) is 3.34. The Balaban J connectivity index is 1.75. The van der Waals surface area contributed by atoms with Crippen molar-refractivity contribution < 1.29 is 4.79 Å². The van der Waals surface area contributed by atoms with E-state index in [9.17, 15) is 4.79 Å². The van der Waals surface area contributed by atoms with E-state index < -0.39 is 0 Å². The van der Waals surface area contributed by atoms with Crippen molar-refractivity contribution in [1.29, 1.82) is 0 Å². The lowest BCUT2D eigenvalue weighted by atomic mass is 10.0. The maximum Gasteiger partial charge on any atom is 0.272 e. The Bertz CT molecular complexity index is 1240. The Morgan fingerprint density at radius 2 is 1.87 bits per heavy atom. The smallest absolute Gasteiger partial charge is 0.267 e. The number of thiophene rings is 1. The molecule has 1 amide bonds. The quantitative estimate of drug-likeness (QED) is 0.316. The summed E-state index contributed by atoms with van der Waals surface area (Å²) in [7, 11) is 0. The van der Waals surface area contributed by atoms with Gasteiger partial charge in [-0.25, -0.2) is 10.4 Å². The third-order valence-electron chi connectivity index (χ3n) is 5.20. The molecule has 30 heavy (non-hydrogen) atoms. The van der Waals surface area contributed by atoms with Crippen LogP contribution in [0.25, 0.3) is 22.2 Å². The third kappa shape index (κ3) is 4.02. The van der Waals surface area contributed by atoms with E-state index in [4.69, 9.17) is 4.98 Å². The van der Waals surface area contributed by atoms with Gasteiger partial charge in [-0.2, -0.15) is 5.10 Å². The number of carbonyl (C=O) groups is 1. The number of hydrogen-bond acceptors (Lipinski definition) is 4. The average Bonchev–Trinajstić information content (AvgIpc) is 3.30. The molecule has 0 saturated heterocycles. The van der Waals surface area contributed by atoms with Crippen molar-refractivity contribution in [3.05, 3.63) is 87.6 Å². The van der Waals surface area contributed by atoms with Gasteiger partial charge >= 0.3 is 0 Å². The highest BCUT2D eigenvalue weighted by Gasteiger charge is 2.14. The van der Waals surface area contributed by atoms with Crippen LogP contribution in [0.15, 0.2) is 71.1 Å². The SMILES string of the molecule is CC/C(=N/NC(=O)c1cc(-c2ccc(C)c(C)c2)nc2ccccc12)c1cccs1. The summed E-state index contributed by atoms with van der Waals surface area (Å²) >= 11 is 1.62. The Hall–Kier alpha value is -3.31. The van der Waals surface area contributed by atoms with E-state index in [0.717, 1.165) is 39.2 Å². The summed E-state index contributed by atoms with van der Waals surface area (Å²) in [5.41, 5.74) is 9.18. The van der Waals surface area contributed by atoms with E-state index in [0.29, 0.717) is 5.56 Å². The topological polar surface area (TPSA) is 54.4 Å². The van der Waals surface area contributed by atoms with Crippen LogP contribution < -0.4 is 5.43 Å². The van der Waals surface area contributed by atoms with E-state index in [2.05, 4.69) is 36.5 Å². The minimum Gasteiger partial charge on any atom is -0.267 e. The van der Waals surface area contributed by atoms with Crippen LogP contribution >= 0.6 is 11.3 Å². The summed E-state index contributed by atoms with van der Waals surface area (Å²) < 4.78 is 0. The number of pyridine rings is 1. The highest BCUT2D eigenvalue weighted by Crippen LogP contribution is 2.26. The molecular formula is C25H23N3OS. The molecule has 0 fully saturated rings. The molecule has 1 N–H and O–H groups in total. The summed E-state index contributed by atoms with van der Waals surface area (Å²) in [5.74, 6) is -0.235. The molecule has 5 heteroatoms. The van der Waals surface area contributed by atoms with Crippen molar-refractivity contribution in [2.75, 3.05) is 0 Å². The van der Waals surface area contributed by atoms with E-state index in [1.807, 2.05) is 60.8 Å². The van der Waals surface area contributed by atoms with Gasteiger partial charge in [0.05, 0.1) is 27.4 Å². The van der Waals surface area contributed by atoms with Crippen LogP contribution in [0, 0.1) is 13.8 Å². The molecular weight excluding hydrogens is 390 g/mol. The molecule has 0 unspecified atom stereocenters. The number of aromatic nitrogens is 1. The van der Waals surface area contributed by atoms with E-state index in [1.165, 1.54) is 11.1 Å². The molecule has 2 aromatic heterocycles. The first-order valence-corrected chi connectivity index (χ1v) is 10.8. The van der Waals surface area contributed by atoms with Gasteiger partial charge in [0.1, 0.15) is 0 Å². The number of aryl methyl sites for hydroxylation is 2. The molecule has 4 aromatic rings. The van der Waals surface area contributed by atoms with Crippen LogP contribution in [0.1, 0.15) is 39.7 Å². The normalized spacial score (nSPS) is 11.6. The summed E-state index contributed by atoms with van der Waals surface area (Å²) in [4.78, 5) is 19.0. The van der Waals surface area contributed by atoms with Gasteiger partial charge in [0.25, 0.3) is 5.91 Å². The van der Waals surface area contributed by atoms with Crippen molar-refractivity contribution in [2.45, 2.75) is 27.2 Å². The first-order valence-electron chi connectivity index (χ1n) is 9.95. The second kappa shape index (κ2) is 8.59. The first-order chi connectivity index (χ1) is 14.6. The lowest BCUT2D eigenvalue weighted by molar-refractivity contribution is 0.0956. The highest BCUT2D eigenvalue weighted by atomic mass is 32.1. The molecule has 150 valence electrons. The molecule has 2 aromatic carbocycles. The van der Waals surface area contributed by atoms with Crippen LogP contribution in [0.4, 0.5) is 0 Å². The van der Waals surface area contributed by atoms with Gasteiger partial charge in [-0.05, 0) is 61.0 Å². The number of nitrogens with one attached hydrogen (secondary N) is 1. The van der Waals surface area contributed by atoms with Crippen molar-refractivity contribution in [1.82, 2.24) is 10.4 Å². The van der Waals surface area contributed by atoms with E-state index in [1.54, 1.807) is 11.3 Å². The minimum absolute atomic E-state index is 0.235. The standard InChI is InChI=1S/C25H23N3OS/c1-4-21(24-10-7-13-30-24)27-28-25(29)20-15-23(18-12-11-16(2)17(3)14-18)26-22-9-6-5-8-19(20)22/h5-15H,4H2,1-3H3,(H,28,29)/b27-21-. The van der Waals surface area contributed by atoms with Crippen LogP contribution in [0.5, 0.6) is 0 Å². The van der Waals surface area contributed by atoms with Gasteiger partial charge in [-0.15, -0.1) is 11.3 Å². The van der Waals surface area contributed by atoms with Crippen molar-refractivity contribution in [2.24, 2.45) is 5.10 Å². The predicted molar refractivity (Wildman–Crippen MR) is 125 cm³/mol. The Morgan fingerprint density at radius 3 is 2.60 bits per heavy atom.